The van der Waals surface area contributed by atoms with Crippen molar-refractivity contribution in [3.05, 3.63) is 11.1 Å². The van der Waals surface area contributed by atoms with Crippen molar-refractivity contribution in [2.45, 2.75) is 79.1 Å². The summed E-state index contributed by atoms with van der Waals surface area (Å²) >= 11 is 0. The maximum Gasteiger partial charge on any atom is 0.00425 e. The summed E-state index contributed by atoms with van der Waals surface area (Å²) in [5.74, 6) is 0.761. The molecule has 0 aliphatic heterocycles. The lowest BCUT2D eigenvalue weighted by Gasteiger charge is -2.47. The van der Waals surface area contributed by atoms with Gasteiger partial charge in [0, 0.05) is 12.0 Å². The van der Waals surface area contributed by atoms with E-state index >= 15 is 0 Å². The van der Waals surface area contributed by atoms with Gasteiger partial charge in [-0.3, -0.25) is 0 Å². The molecule has 0 aromatic carbocycles. The highest BCUT2D eigenvalue weighted by Crippen LogP contribution is 2.51. The summed E-state index contributed by atoms with van der Waals surface area (Å²) in [5, 5.41) is 0. The average molecular weight is 251 g/mol. The average Bonchev–Trinajstić information content (AvgIpc) is 2.30. The highest BCUT2D eigenvalue weighted by Gasteiger charge is 2.41. The van der Waals surface area contributed by atoms with E-state index in [1.165, 1.54) is 51.4 Å². The van der Waals surface area contributed by atoms with Gasteiger partial charge in [-0.25, -0.2) is 0 Å². The zero-order valence-corrected chi connectivity index (χ0v) is 13.0. The van der Waals surface area contributed by atoms with Gasteiger partial charge in [0.1, 0.15) is 0 Å². The van der Waals surface area contributed by atoms with Gasteiger partial charge < -0.3 is 5.73 Å². The SMILES string of the molecule is CCCCCC/C(C)=C1\CCC1(CN)CC(C)C. The highest BCUT2D eigenvalue weighted by molar-refractivity contribution is 5.29. The molecule has 0 radical (unpaired) electrons. The van der Waals surface area contributed by atoms with Crippen LogP contribution in [0.5, 0.6) is 0 Å². The van der Waals surface area contributed by atoms with E-state index in [1.807, 2.05) is 0 Å². The van der Waals surface area contributed by atoms with Gasteiger partial charge in [-0.1, -0.05) is 51.2 Å². The summed E-state index contributed by atoms with van der Waals surface area (Å²) < 4.78 is 0. The molecule has 1 aliphatic rings. The van der Waals surface area contributed by atoms with Crippen molar-refractivity contribution in [1.29, 1.82) is 0 Å². The fourth-order valence-electron chi connectivity index (χ4n) is 3.55. The third kappa shape index (κ3) is 3.85. The lowest BCUT2D eigenvalue weighted by molar-refractivity contribution is 0.196. The normalized spacial score (nSPS) is 26.3. The zero-order chi connectivity index (χ0) is 13.6. The van der Waals surface area contributed by atoms with Crippen molar-refractivity contribution in [3.8, 4) is 0 Å². The number of hydrogen-bond acceptors (Lipinski definition) is 1. The van der Waals surface area contributed by atoms with Gasteiger partial charge in [-0.2, -0.15) is 0 Å². The Bertz CT molecular complexity index is 273. The Kier molecular flexibility index (Phi) is 6.42. The smallest absolute Gasteiger partial charge is 0.00425 e. The molecule has 0 aromatic rings. The van der Waals surface area contributed by atoms with E-state index in [0.29, 0.717) is 5.41 Å². The molecule has 0 amide bonds. The second-order valence-electron chi connectivity index (χ2n) is 6.65. The first-order chi connectivity index (χ1) is 8.55. The lowest BCUT2D eigenvalue weighted by Crippen LogP contribution is -2.41. The topological polar surface area (TPSA) is 26.0 Å². The van der Waals surface area contributed by atoms with Crippen molar-refractivity contribution in [3.63, 3.8) is 0 Å². The molecule has 1 unspecified atom stereocenters. The third-order valence-corrected chi connectivity index (χ3v) is 4.60. The first-order valence-corrected chi connectivity index (χ1v) is 7.95. The summed E-state index contributed by atoms with van der Waals surface area (Å²) in [4.78, 5) is 0. The second-order valence-corrected chi connectivity index (χ2v) is 6.65. The van der Waals surface area contributed by atoms with Crippen LogP contribution in [0.1, 0.15) is 79.1 Å². The van der Waals surface area contributed by atoms with Gasteiger partial charge in [0.15, 0.2) is 0 Å². The predicted molar refractivity (Wildman–Crippen MR) is 81.6 cm³/mol. The van der Waals surface area contributed by atoms with Crippen LogP contribution in [0, 0.1) is 11.3 Å². The van der Waals surface area contributed by atoms with E-state index in [0.717, 1.165) is 12.5 Å². The van der Waals surface area contributed by atoms with Crippen LogP contribution in [0.15, 0.2) is 11.1 Å². The van der Waals surface area contributed by atoms with E-state index in [4.69, 9.17) is 5.73 Å². The summed E-state index contributed by atoms with van der Waals surface area (Å²) in [6, 6.07) is 0. The molecular formula is C17H33N. The summed E-state index contributed by atoms with van der Waals surface area (Å²) in [6.07, 6.45) is 10.7. The minimum atomic E-state index is 0.378. The Balaban J connectivity index is 2.56. The fourth-order valence-corrected chi connectivity index (χ4v) is 3.55. The molecule has 1 aliphatic carbocycles. The molecule has 1 saturated carbocycles. The highest BCUT2D eigenvalue weighted by atomic mass is 14.6. The minimum Gasteiger partial charge on any atom is -0.330 e. The van der Waals surface area contributed by atoms with Crippen molar-refractivity contribution < 1.29 is 0 Å². The fraction of sp³-hybridized carbons (Fsp3) is 0.882. The number of nitrogens with two attached hydrogens (primary N) is 1. The Labute approximate surface area is 114 Å². The minimum absolute atomic E-state index is 0.378. The van der Waals surface area contributed by atoms with Crippen LogP contribution < -0.4 is 5.73 Å². The molecule has 1 fully saturated rings. The van der Waals surface area contributed by atoms with Gasteiger partial charge >= 0.3 is 0 Å². The summed E-state index contributed by atoms with van der Waals surface area (Å²) in [5.41, 5.74) is 9.84. The van der Waals surface area contributed by atoms with Gasteiger partial charge in [0.25, 0.3) is 0 Å². The van der Waals surface area contributed by atoms with Crippen LogP contribution in [-0.2, 0) is 0 Å². The molecule has 0 bridgehead atoms. The van der Waals surface area contributed by atoms with Gasteiger partial charge in [-0.05, 0) is 44.9 Å². The Hall–Kier alpha value is -0.300. The molecule has 0 aromatic heterocycles. The van der Waals surface area contributed by atoms with E-state index in [1.54, 1.807) is 11.1 Å². The number of hydrogen-bond donors (Lipinski definition) is 1. The Morgan fingerprint density at radius 2 is 2.00 bits per heavy atom. The van der Waals surface area contributed by atoms with Gasteiger partial charge in [0.2, 0.25) is 0 Å². The largest absolute Gasteiger partial charge is 0.330 e. The first kappa shape index (κ1) is 15.8. The van der Waals surface area contributed by atoms with Gasteiger partial charge in [-0.15, -0.1) is 0 Å². The molecule has 1 atom stereocenters. The van der Waals surface area contributed by atoms with Crippen LogP contribution >= 0.6 is 0 Å². The number of rotatable bonds is 8. The molecule has 1 nitrogen and oxygen atoms in total. The van der Waals surface area contributed by atoms with Gasteiger partial charge in [0.05, 0.1) is 0 Å². The van der Waals surface area contributed by atoms with Crippen LogP contribution in [0.3, 0.4) is 0 Å². The van der Waals surface area contributed by atoms with E-state index in [9.17, 15) is 0 Å². The molecule has 0 spiro atoms. The molecule has 0 heterocycles. The molecule has 0 saturated heterocycles. The molecule has 1 rings (SSSR count). The third-order valence-electron chi connectivity index (χ3n) is 4.60. The van der Waals surface area contributed by atoms with E-state index < -0.39 is 0 Å². The second kappa shape index (κ2) is 7.33. The summed E-state index contributed by atoms with van der Waals surface area (Å²) in [6.45, 7) is 10.1. The number of unbranched alkanes of at least 4 members (excludes halogenated alkanes) is 3. The van der Waals surface area contributed by atoms with Crippen LogP contribution in [0.2, 0.25) is 0 Å². The van der Waals surface area contributed by atoms with Crippen molar-refractivity contribution in [2.24, 2.45) is 17.1 Å². The number of allylic oxidation sites excluding steroid dienone is 1. The zero-order valence-electron chi connectivity index (χ0n) is 13.0. The van der Waals surface area contributed by atoms with Crippen LogP contribution in [0.4, 0.5) is 0 Å². The maximum absolute atomic E-state index is 6.09. The van der Waals surface area contributed by atoms with Crippen LogP contribution in [0.25, 0.3) is 0 Å². The quantitative estimate of drug-likeness (QED) is 0.473. The molecule has 2 N–H and O–H groups in total. The van der Waals surface area contributed by atoms with Crippen molar-refractivity contribution in [2.75, 3.05) is 6.54 Å². The van der Waals surface area contributed by atoms with E-state index in [2.05, 4.69) is 27.7 Å². The monoisotopic (exact) mass is 251 g/mol. The maximum atomic E-state index is 6.09. The van der Waals surface area contributed by atoms with E-state index in [-0.39, 0.29) is 0 Å². The Morgan fingerprint density at radius 3 is 2.44 bits per heavy atom. The molecule has 1 heteroatoms. The predicted octanol–water partition coefficient (Wildman–Crippen LogP) is 5.06. The molecular weight excluding hydrogens is 218 g/mol. The molecule has 106 valence electrons. The lowest BCUT2D eigenvalue weighted by atomic mass is 9.59. The Morgan fingerprint density at radius 1 is 1.28 bits per heavy atom. The van der Waals surface area contributed by atoms with Crippen LogP contribution in [-0.4, -0.2) is 6.54 Å². The first-order valence-electron chi connectivity index (χ1n) is 7.95. The summed E-state index contributed by atoms with van der Waals surface area (Å²) in [7, 11) is 0. The van der Waals surface area contributed by atoms with Crippen molar-refractivity contribution in [1.82, 2.24) is 0 Å². The standard InChI is InChI=1S/C17H33N/c1-5-6-7-8-9-15(4)16-10-11-17(16,13-18)12-14(2)3/h14H,5-13,18H2,1-4H3/b16-15+. The molecule has 18 heavy (non-hydrogen) atoms. The van der Waals surface area contributed by atoms with Crippen molar-refractivity contribution >= 4 is 0 Å².